The molecule has 0 radical (unpaired) electrons. The molecule has 0 amide bonds. The minimum absolute atomic E-state index is 0.174. The van der Waals surface area contributed by atoms with Gasteiger partial charge >= 0.3 is 31.7 Å². The topological polar surface area (TPSA) is 188 Å². The molecule has 4 aliphatic rings. The van der Waals surface area contributed by atoms with Gasteiger partial charge < -0.3 is 24.0 Å². The summed E-state index contributed by atoms with van der Waals surface area (Å²) < 4.78 is 26.5. The fourth-order valence-electron chi connectivity index (χ4n) is 6.78. The Hall–Kier alpha value is -2.91. The predicted octanol–water partition coefficient (Wildman–Crippen LogP) is 11.0. The molecular weight excluding hydrogens is 751 g/mol. The molecule has 4 rings (SSSR count). The number of aliphatic carboxylic acids is 2. The monoisotopic (exact) mass is 829 g/mol. The summed E-state index contributed by atoms with van der Waals surface area (Å²) >= 11 is 0. The van der Waals surface area contributed by atoms with Gasteiger partial charge in [0, 0.05) is 37.6 Å². The van der Waals surface area contributed by atoms with Crippen molar-refractivity contribution >= 4 is 37.4 Å². The second kappa shape index (κ2) is 35.1. The number of esters is 1. The first-order valence-electron chi connectivity index (χ1n) is 21.4. The van der Waals surface area contributed by atoms with Crippen molar-refractivity contribution in [2.45, 2.75) is 171 Å². The van der Waals surface area contributed by atoms with E-state index in [9.17, 15) is 23.7 Å². The molecule has 4 fully saturated rings. The van der Waals surface area contributed by atoms with E-state index in [0.29, 0.717) is 44.1 Å². The maximum atomic E-state index is 11.6. The van der Waals surface area contributed by atoms with Gasteiger partial charge in [0.25, 0.3) is 0 Å². The number of allylic oxidation sites excluding steroid dienone is 2. The molecule has 2 N–H and O–H groups in total. The van der Waals surface area contributed by atoms with Crippen LogP contribution in [-0.4, -0.2) is 66.0 Å². The Morgan fingerprint density at radius 2 is 1.04 bits per heavy atom. The molecule has 0 saturated heterocycles. The molecule has 0 bridgehead atoms. The van der Waals surface area contributed by atoms with Crippen molar-refractivity contribution in [2.24, 2.45) is 29.6 Å². The molecule has 330 valence electrons. The molecule has 0 atom stereocenters. The van der Waals surface area contributed by atoms with Gasteiger partial charge in [-0.15, -0.1) is 0 Å². The number of carboxylic acid groups (broad SMARTS) is 2. The van der Waals surface area contributed by atoms with E-state index in [4.69, 9.17) is 33.6 Å². The van der Waals surface area contributed by atoms with Crippen LogP contribution in [-0.2, 0) is 47.1 Å². The molecule has 4 saturated carbocycles. The molecular formula is C44H77O12P. The molecule has 0 spiro atoms. The Morgan fingerprint density at radius 3 is 1.37 bits per heavy atom. The second-order valence-corrected chi connectivity index (χ2v) is 17.9. The number of rotatable bonds is 11. The van der Waals surface area contributed by atoms with E-state index in [1.807, 2.05) is 27.7 Å². The van der Waals surface area contributed by atoms with Gasteiger partial charge in [-0.2, -0.15) is 9.59 Å². The number of ketones is 1. The lowest BCUT2D eigenvalue weighted by Crippen LogP contribution is -2.15. The molecule has 13 heteroatoms. The van der Waals surface area contributed by atoms with Crippen molar-refractivity contribution in [1.82, 2.24) is 0 Å². The van der Waals surface area contributed by atoms with Gasteiger partial charge in [-0.05, 0) is 134 Å². The molecule has 0 unspecified atom stereocenters. The van der Waals surface area contributed by atoms with Crippen LogP contribution in [0.5, 0.6) is 0 Å². The molecule has 0 aromatic carbocycles. The fraction of sp³-hybridized carbons (Fsp3) is 0.795. The average Bonchev–Trinajstić information content (AvgIpc) is 3.14. The van der Waals surface area contributed by atoms with Crippen LogP contribution in [0.3, 0.4) is 0 Å². The van der Waals surface area contributed by atoms with Gasteiger partial charge in [0.05, 0.1) is 19.8 Å². The molecule has 0 aromatic rings. The normalized spacial score (nSPS) is 21.9. The predicted molar refractivity (Wildman–Crippen MR) is 223 cm³/mol. The molecule has 0 aliphatic heterocycles. The Labute approximate surface area is 343 Å². The third-order valence-corrected chi connectivity index (χ3v) is 12.6. The van der Waals surface area contributed by atoms with Crippen LogP contribution in [0.25, 0.3) is 0 Å². The summed E-state index contributed by atoms with van der Waals surface area (Å²) in [7, 11) is -2.72. The van der Waals surface area contributed by atoms with Crippen LogP contribution in [0.2, 0.25) is 0 Å². The summed E-state index contributed by atoms with van der Waals surface area (Å²) in [5.74, 6) is 2.53. The first-order chi connectivity index (χ1) is 27.0. The van der Waals surface area contributed by atoms with Crippen molar-refractivity contribution in [3.05, 3.63) is 23.3 Å². The highest BCUT2D eigenvalue weighted by Gasteiger charge is 2.22. The van der Waals surface area contributed by atoms with E-state index in [-0.39, 0.29) is 12.1 Å². The Kier molecular flexibility index (Phi) is 34.6. The summed E-state index contributed by atoms with van der Waals surface area (Å²) in [5.41, 5.74) is 2.37. The zero-order valence-electron chi connectivity index (χ0n) is 36.5. The van der Waals surface area contributed by atoms with E-state index in [1.165, 1.54) is 37.3 Å². The smallest absolute Gasteiger partial charge is 0.373 e. The quantitative estimate of drug-likeness (QED) is 0.114. The number of ether oxygens (including phenoxy) is 1. The maximum absolute atomic E-state index is 11.6. The summed E-state index contributed by atoms with van der Waals surface area (Å²) in [5, 5.41) is 17.0. The van der Waals surface area contributed by atoms with Gasteiger partial charge in [0.15, 0.2) is 0 Å². The largest absolute Gasteiger partial charge is 0.481 e. The highest BCUT2D eigenvalue weighted by Crippen LogP contribution is 2.48. The Balaban J connectivity index is 0. The summed E-state index contributed by atoms with van der Waals surface area (Å²) in [6, 6.07) is 0. The first-order valence-corrected chi connectivity index (χ1v) is 23.1. The van der Waals surface area contributed by atoms with E-state index in [2.05, 4.69) is 27.7 Å². The SMILES string of the molecule is CC1CCC(=CC(=O)O)CC1.CC1CCC(=O)CC1.CC1CCC(CC(=O)O)CC1.CCCP(=O)(OCC)OCC.CCOC(=O)C=C1CCC(C)CC1.O=C=O. The van der Waals surface area contributed by atoms with E-state index in [0.717, 1.165) is 113 Å². The zero-order valence-corrected chi connectivity index (χ0v) is 37.4. The number of carbonyl (C=O) groups is 4. The van der Waals surface area contributed by atoms with Crippen LogP contribution < -0.4 is 0 Å². The number of carbonyl (C=O) groups excluding carboxylic acids is 4. The van der Waals surface area contributed by atoms with Crippen LogP contribution in [0.4, 0.5) is 0 Å². The average molecular weight is 829 g/mol. The summed E-state index contributed by atoms with van der Waals surface area (Å²) in [6.07, 6.45) is 22.5. The minimum atomic E-state index is -2.72. The number of Topliss-reactive ketones (excluding diaryl/α,β-unsaturated/α-hetero) is 1. The summed E-state index contributed by atoms with van der Waals surface area (Å²) in [6.45, 7) is 17.8. The summed E-state index contributed by atoms with van der Waals surface area (Å²) in [4.78, 5) is 58.6. The fourth-order valence-corrected chi connectivity index (χ4v) is 8.44. The highest BCUT2D eigenvalue weighted by molar-refractivity contribution is 7.53. The molecule has 0 aromatic heterocycles. The lowest BCUT2D eigenvalue weighted by molar-refractivity contribution is -0.191. The lowest BCUT2D eigenvalue weighted by Gasteiger charge is -2.24. The van der Waals surface area contributed by atoms with Crippen LogP contribution in [0.1, 0.15) is 171 Å². The van der Waals surface area contributed by atoms with Crippen LogP contribution >= 0.6 is 7.60 Å². The van der Waals surface area contributed by atoms with Gasteiger partial charge in [-0.1, -0.05) is 58.6 Å². The van der Waals surface area contributed by atoms with Gasteiger partial charge in [-0.25, -0.2) is 9.59 Å². The molecule has 12 nitrogen and oxygen atoms in total. The van der Waals surface area contributed by atoms with E-state index >= 15 is 0 Å². The van der Waals surface area contributed by atoms with Gasteiger partial charge in [0.2, 0.25) is 0 Å². The van der Waals surface area contributed by atoms with Crippen molar-refractivity contribution in [3.8, 4) is 0 Å². The molecule has 57 heavy (non-hydrogen) atoms. The zero-order chi connectivity index (χ0) is 43.6. The van der Waals surface area contributed by atoms with Gasteiger partial charge in [0.1, 0.15) is 5.78 Å². The van der Waals surface area contributed by atoms with E-state index < -0.39 is 19.5 Å². The Morgan fingerprint density at radius 1 is 0.649 bits per heavy atom. The van der Waals surface area contributed by atoms with Crippen molar-refractivity contribution in [3.63, 3.8) is 0 Å². The molecule has 0 heterocycles. The third-order valence-electron chi connectivity index (χ3n) is 10.3. The number of hydrogen-bond acceptors (Lipinski definition) is 10. The first kappa shape index (κ1) is 56.2. The standard InChI is InChI=1S/C11H18O2.C9H16O2.C9H14O2.C7H17O3P.C7H12O.CO2/c1-3-13-11(12)8-10-6-4-9(2)5-7-10;2*1-7-2-4-8(5-3-7)6-9(10)11;1-4-7-11(8,9-5-2)10-6-3;1-6-2-4-7(8)5-3-6;2-1-3/h8-9H,3-7H2,1-2H3;7-8H,2-6H2,1H3,(H,10,11);6-7H,2-5H2,1H3,(H,10,11);4-7H2,1-3H3;6H,2-5H2,1H3;. The van der Waals surface area contributed by atoms with Crippen molar-refractivity contribution in [1.29, 1.82) is 0 Å². The molecule has 4 aliphatic carbocycles. The second-order valence-electron chi connectivity index (χ2n) is 15.8. The minimum Gasteiger partial charge on any atom is -0.481 e. The third kappa shape index (κ3) is 33.7. The number of hydrogen-bond donors (Lipinski definition) is 2. The van der Waals surface area contributed by atoms with Gasteiger partial charge in [-0.3, -0.25) is 14.2 Å². The van der Waals surface area contributed by atoms with Crippen molar-refractivity contribution < 1.29 is 57.3 Å². The van der Waals surface area contributed by atoms with Crippen molar-refractivity contribution in [2.75, 3.05) is 26.0 Å². The lowest BCUT2D eigenvalue weighted by atomic mass is 9.81. The highest BCUT2D eigenvalue weighted by atomic mass is 31.2. The number of carboxylic acids is 2. The van der Waals surface area contributed by atoms with E-state index in [1.54, 1.807) is 6.08 Å². The Bertz CT molecular complexity index is 1210. The van der Waals surface area contributed by atoms with Crippen LogP contribution in [0, 0.1) is 29.6 Å². The van der Waals surface area contributed by atoms with Crippen LogP contribution in [0.15, 0.2) is 23.3 Å². The maximum Gasteiger partial charge on any atom is 0.373 e.